The molecule has 1 aromatic carbocycles. The van der Waals surface area contributed by atoms with Gasteiger partial charge in [0.15, 0.2) is 5.96 Å². The van der Waals surface area contributed by atoms with Crippen LogP contribution in [0.2, 0.25) is 0 Å². The molecule has 0 unspecified atom stereocenters. The van der Waals surface area contributed by atoms with Gasteiger partial charge >= 0.3 is 0 Å². The van der Waals surface area contributed by atoms with Gasteiger partial charge in [0.2, 0.25) is 5.91 Å². The summed E-state index contributed by atoms with van der Waals surface area (Å²) in [4.78, 5) is 18.3. The van der Waals surface area contributed by atoms with E-state index in [4.69, 9.17) is 0 Å². The number of nitrogens with one attached hydrogen (secondary N) is 2. The fourth-order valence-corrected chi connectivity index (χ4v) is 3.44. The number of likely N-dealkylation sites (tertiary alicyclic amines) is 1. The van der Waals surface area contributed by atoms with E-state index in [2.05, 4.69) is 15.6 Å². The molecule has 0 saturated carbocycles. The summed E-state index contributed by atoms with van der Waals surface area (Å²) in [5.41, 5.74) is 0.726. The van der Waals surface area contributed by atoms with Crippen molar-refractivity contribution in [2.45, 2.75) is 25.5 Å². The quantitative estimate of drug-likeness (QED) is 0.421. The van der Waals surface area contributed by atoms with Crippen LogP contribution in [0.4, 0.5) is 4.39 Å². The van der Waals surface area contributed by atoms with Gasteiger partial charge in [-0.15, -0.1) is 0 Å². The van der Waals surface area contributed by atoms with Gasteiger partial charge in [-0.1, -0.05) is 18.2 Å². The zero-order valence-corrected chi connectivity index (χ0v) is 15.6. The van der Waals surface area contributed by atoms with E-state index in [0.717, 1.165) is 43.8 Å². The van der Waals surface area contributed by atoms with Crippen molar-refractivity contribution in [2.75, 3.05) is 38.5 Å². The van der Waals surface area contributed by atoms with Crippen molar-refractivity contribution >= 4 is 23.6 Å². The molecule has 0 atom stereocenters. The lowest BCUT2D eigenvalue weighted by atomic mass is 10.2. The maximum Gasteiger partial charge on any atom is 0.244 e. The highest BCUT2D eigenvalue weighted by atomic mass is 32.2. The Balaban J connectivity index is 1.68. The molecule has 5 nitrogen and oxygen atoms in total. The summed E-state index contributed by atoms with van der Waals surface area (Å²) < 4.78 is 13.5. The second-order valence-corrected chi connectivity index (χ2v) is 6.96. The monoisotopic (exact) mass is 366 g/mol. The van der Waals surface area contributed by atoms with Gasteiger partial charge in [0.1, 0.15) is 12.4 Å². The van der Waals surface area contributed by atoms with E-state index in [1.165, 1.54) is 6.07 Å². The average molecular weight is 367 g/mol. The van der Waals surface area contributed by atoms with Crippen LogP contribution in [0.25, 0.3) is 0 Å². The predicted molar refractivity (Wildman–Crippen MR) is 102 cm³/mol. The zero-order chi connectivity index (χ0) is 17.9. The number of rotatable bonds is 8. The first-order valence-corrected chi connectivity index (χ1v) is 9.97. The van der Waals surface area contributed by atoms with Crippen LogP contribution in [0, 0.1) is 5.82 Å². The topological polar surface area (TPSA) is 56.7 Å². The largest absolute Gasteiger partial charge is 0.357 e. The van der Waals surface area contributed by atoms with E-state index in [1.807, 2.05) is 24.0 Å². The third-order valence-corrected chi connectivity index (χ3v) is 4.94. The number of amides is 1. The van der Waals surface area contributed by atoms with Crippen molar-refractivity contribution in [1.29, 1.82) is 0 Å². The normalized spacial score (nSPS) is 14.6. The summed E-state index contributed by atoms with van der Waals surface area (Å²) in [5.74, 6) is 2.07. The standard InChI is InChI=1S/C18H27FN4OS/c1-2-20-18(22-13-17(24)23-10-5-6-11-23)21-9-12-25-14-15-7-3-4-8-16(15)19/h3-4,7-8H,2,5-6,9-14H2,1H3,(H2,20,21,22). The van der Waals surface area contributed by atoms with Crippen LogP contribution in [-0.2, 0) is 10.5 Å². The van der Waals surface area contributed by atoms with Crippen molar-refractivity contribution < 1.29 is 9.18 Å². The predicted octanol–water partition coefficient (Wildman–Crippen LogP) is 2.24. The third-order valence-electron chi connectivity index (χ3n) is 3.93. The molecule has 0 aliphatic carbocycles. The number of benzene rings is 1. The highest BCUT2D eigenvalue weighted by molar-refractivity contribution is 7.98. The molecule has 138 valence electrons. The molecule has 1 aliphatic rings. The molecular weight excluding hydrogens is 339 g/mol. The van der Waals surface area contributed by atoms with Gasteiger partial charge in [0, 0.05) is 37.7 Å². The van der Waals surface area contributed by atoms with Crippen LogP contribution in [0.1, 0.15) is 25.3 Å². The molecule has 1 amide bonds. The van der Waals surface area contributed by atoms with E-state index in [-0.39, 0.29) is 18.3 Å². The summed E-state index contributed by atoms with van der Waals surface area (Å²) in [5, 5.41) is 6.37. The molecule has 0 bridgehead atoms. The van der Waals surface area contributed by atoms with Gasteiger partial charge < -0.3 is 15.5 Å². The van der Waals surface area contributed by atoms with Gasteiger partial charge in [-0.05, 0) is 31.4 Å². The molecule has 7 heteroatoms. The first kappa shape index (κ1) is 19.6. The Morgan fingerprint density at radius 2 is 2.04 bits per heavy atom. The number of carbonyl (C=O) groups excluding carboxylic acids is 1. The summed E-state index contributed by atoms with van der Waals surface area (Å²) in [6.45, 7) is 5.33. The number of hydrogen-bond donors (Lipinski definition) is 2. The van der Waals surface area contributed by atoms with Crippen molar-refractivity contribution in [3.63, 3.8) is 0 Å². The molecule has 1 heterocycles. The molecule has 1 aromatic rings. The van der Waals surface area contributed by atoms with Crippen LogP contribution >= 0.6 is 11.8 Å². The van der Waals surface area contributed by atoms with Crippen molar-refractivity contribution in [3.05, 3.63) is 35.6 Å². The number of halogens is 1. The van der Waals surface area contributed by atoms with Gasteiger partial charge in [-0.25, -0.2) is 9.38 Å². The van der Waals surface area contributed by atoms with Gasteiger partial charge in [0.05, 0.1) is 0 Å². The Labute approximate surface area is 153 Å². The molecule has 25 heavy (non-hydrogen) atoms. The summed E-state index contributed by atoms with van der Waals surface area (Å²) in [6.07, 6.45) is 2.18. The maximum absolute atomic E-state index is 13.5. The van der Waals surface area contributed by atoms with E-state index >= 15 is 0 Å². The number of hydrogen-bond acceptors (Lipinski definition) is 3. The molecule has 0 aromatic heterocycles. The first-order valence-electron chi connectivity index (χ1n) is 8.82. The molecule has 1 fully saturated rings. The molecule has 0 spiro atoms. The minimum absolute atomic E-state index is 0.0867. The van der Waals surface area contributed by atoms with E-state index < -0.39 is 0 Å². The minimum atomic E-state index is -0.154. The number of aliphatic imine (C=N–C) groups is 1. The van der Waals surface area contributed by atoms with E-state index in [9.17, 15) is 9.18 Å². The number of carbonyl (C=O) groups is 1. The van der Waals surface area contributed by atoms with Crippen LogP contribution < -0.4 is 10.6 Å². The van der Waals surface area contributed by atoms with E-state index in [0.29, 0.717) is 18.3 Å². The molecule has 2 N–H and O–H groups in total. The highest BCUT2D eigenvalue weighted by Gasteiger charge is 2.17. The Bertz CT molecular complexity index is 576. The Morgan fingerprint density at radius 3 is 2.76 bits per heavy atom. The van der Waals surface area contributed by atoms with Crippen LogP contribution in [-0.4, -0.2) is 55.2 Å². The fraction of sp³-hybridized carbons (Fsp3) is 0.556. The summed E-state index contributed by atoms with van der Waals surface area (Å²) >= 11 is 1.66. The Kier molecular flexibility index (Phi) is 8.59. The van der Waals surface area contributed by atoms with Crippen LogP contribution in [0.15, 0.2) is 29.3 Å². The van der Waals surface area contributed by atoms with Gasteiger partial charge in [-0.3, -0.25) is 4.79 Å². The molecule has 0 radical (unpaired) electrons. The fourth-order valence-electron chi connectivity index (χ4n) is 2.59. The average Bonchev–Trinajstić information content (AvgIpc) is 3.15. The van der Waals surface area contributed by atoms with Crippen LogP contribution in [0.5, 0.6) is 0 Å². The number of thioether (sulfide) groups is 1. The molecule has 1 saturated heterocycles. The maximum atomic E-state index is 13.5. The lowest BCUT2D eigenvalue weighted by Gasteiger charge is -2.15. The molecular formula is C18H27FN4OS. The van der Waals surface area contributed by atoms with Crippen molar-refractivity contribution in [2.24, 2.45) is 4.99 Å². The van der Waals surface area contributed by atoms with Crippen molar-refractivity contribution in [3.8, 4) is 0 Å². The summed E-state index contributed by atoms with van der Waals surface area (Å²) in [6, 6.07) is 6.85. The second-order valence-electron chi connectivity index (χ2n) is 5.85. The third kappa shape index (κ3) is 6.94. The number of nitrogens with zero attached hydrogens (tertiary/aromatic N) is 2. The second kappa shape index (κ2) is 11.0. The van der Waals surface area contributed by atoms with Crippen LogP contribution in [0.3, 0.4) is 0 Å². The summed E-state index contributed by atoms with van der Waals surface area (Å²) in [7, 11) is 0. The SMILES string of the molecule is CCNC(=NCC(=O)N1CCCC1)NCCSCc1ccccc1F. The highest BCUT2D eigenvalue weighted by Crippen LogP contribution is 2.14. The van der Waals surface area contributed by atoms with Gasteiger partial charge in [-0.2, -0.15) is 11.8 Å². The van der Waals surface area contributed by atoms with E-state index in [1.54, 1.807) is 17.8 Å². The smallest absolute Gasteiger partial charge is 0.244 e. The lowest BCUT2D eigenvalue weighted by molar-refractivity contribution is -0.128. The first-order chi connectivity index (χ1) is 12.2. The molecule has 1 aliphatic heterocycles. The Morgan fingerprint density at radius 1 is 1.28 bits per heavy atom. The molecule has 2 rings (SSSR count). The zero-order valence-electron chi connectivity index (χ0n) is 14.8. The Hall–Kier alpha value is -1.76. The minimum Gasteiger partial charge on any atom is -0.357 e. The number of guanidine groups is 1. The lowest BCUT2D eigenvalue weighted by Crippen LogP contribution is -2.39. The van der Waals surface area contributed by atoms with Crippen molar-refractivity contribution in [1.82, 2.24) is 15.5 Å². The van der Waals surface area contributed by atoms with Gasteiger partial charge in [0.25, 0.3) is 0 Å².